The summed E-state index contributed by atoms with van der Waals surface area (Å²) in [5, 5.41) is 1.58. The Labute approximate surface area is 679 Å². The highest BCUT2D eigenvalue weighted by Crippen LogP contribution is 2.42. The summed E-state index contributed by atoms with van der Waals surface area (Å²) >= 11 is 0. The number of rotatable bonds is 6. The summed E-state index contributed by atoms with van der Waals surface area (Å²) < 4.78 is 0. The van der Waals surface area contributed by atoms with Crippen molar-refractivity contribution >= 4 is 13.3 Å². The average molecular weight is 1500 g/mol. The van der Waals surface area contributed by atoms with Gasteiger partial charge in [0.05, 0.1) is 8.07 Å². The topological polar surface area (TPSA) is 0 Å². The standard InChI is InChI=1S/C18H28.C18H30.C17H26.C16H26.C15H26Si.C13H20.C11H16/c1-13-11-16(15-9-7-6-8-10-15)12-17(14(13)2)18(3,4)5;1-9-18(8,10-2)15-11-13(3)14(4)16(12-15)17(5,6)7;1-12-10-15(14-8-6-7-9-14)11-16(13(12)2)17(3,4)5;1-11-9-13(15(3,4)5)10-14(12(11)2)16(6,7)8;1-11-9-13(16(6,7)8)10-14(12(11)2)15(3,4)5;1-9-7-10(2)11(3)12(8-9)13(4,5)6;1-9-7-5-6-8-10(9)11(2,3)4/h11-12,15H,6-10H2,1-5H3;11-12H,9-10H2,1-8H3;10-11,14H,6-9H2,1-5H3;2*9-10H,1-8H3;7-8H,1-6H3;5-8H,1-4H3. The number of benzene rings is 7. The molecule has 2 aliphatic carbocycles. The van der Waals surface area contributed by atoms with Crippen LogP contribution in [0.4, 0.5) is 0 Å². The highest BCUT2D eigenvalue weighted by molar-refractivity contribution is 6.88. The van der Waals surface area contributed by atoms with Crippen LogP contribution >= 0.6 is 0 Å². The number of hydrogen-bond donors (Lipinski definition) is 0. The lowest BCUT2D eigenvalue weighted by Gasteiger charge is -2.31. The summed E-state index contributed by atoms with van der Waals surface area (Å²) in [6, 6.07) is 37.4. The van der Waals surface area contributed by atoms with Gasteiger partial charge in [-0.15, -0.1) is 0 Å². The number of hydrogen-bond acceptors (Lipinski definition) is 0. The van der Waals surface area contributed by atoms with Crippen LogP contribution in [-0.4, -0.2) is 8.07 Å². The maximum absolute atomic E-state index is 2.50. The first-order valence-corrected chi connectivity index (χ1v) is 46.6. The SMILES string of the molecule is CCC(C)(CC)c1cc(C)c(C)c(C(C)(C)C)c1.Cc1cc(C(C)(C)C)cc(C(C)(C)C)c1C.Cc1cc(C)c(C)c(C(C)(C)C)c1.Cc1cc(C2CCCC2)cc(C(C)(C)C)c1C.Cc1cc(C2CCCCC2)cc(C(C)(C)C)c1C.Cc1cc([Si](C)(C)C)cc(C(C)(C)C)c1C.Cc1ccccc1C(C)(C)C. The van der Waals surface area contributed by atoms with Gasteiger partial charge in [-0.3, -0.25) is 0 Å². The molecule has 9 rings (SSSR count). The summed E-state index contributed by atoms with van der Waals surface area (Å²) in [7, 11) is -1.20. The van der Waals surface area contributed by atoms with Gasteiger partial charge in [0.1, 0.15) is 0 Å². The van der Waals surface area contributed by atoms with Crippen molar-refractivity contribution in [2.45, 2.75) is 435 Å². The van der Waals surface area contributed by atoms with Gasteiger partial charge in [-0.25, -0.2) is 0 Å². The van der Waals surface area contributed by atoms with E-state index in [9.17, 15) is 0 Å². The molecule has 109 heavy (non-hydrogen) atoms. The molecule has 0 aromatic heterocycles. The number of aryl methyl sites for hydroxylation is 8. The van der Waals surface area contributed by atoms with E-state index < -0.39 is 8.07 Å². The molecule has 608 valence electrons. The smallest absolute Gasteiger partial charge is 0.0656 e. The van der Waals surface area contributed by atoms with Gasteiger partial charge >= 0.3 is 0 Å². The van der Waals surface area contributed by atoms with Gasteiger partial charge in [-0.05, 0) is 330 Å². The second-order valence-corrected chi connectivity index (χ2v) is 48.9. The normalized spacial score (nSPS) is 14.3. The Balaban J connectivity index is 0.000000331. The van der Waals surface area contributed by atoms with Gasteiger partial charge in [0.2, 0.25) is 0 Å². The summed E-state index contributed by atoms with van der Waals surface area (Å²) in [4.78, 5) is 0. The molecule has 0 aliphatic heterocycles. The third-order valence-corrected chi connectivity index (χ3v) is 26.9. The molecule has 0 bridgehead atoms. The van der Waals surface area contributed by atoms with Gasteiger partial charge in [0.15, 0.2) is 0 Å². The van der Waals surface area contributed by atoms with E-state index in [1.807, 2.05) is 0 Å². The minimum atomic E-state index is -1.20. The van der Waals surface area contributed by atoms with E-state index in [0.29, 0.717) is 5.41 Å². The maximum atomic E-state index is 2.50. The zero-order chi connectivity index (χ0) is 84.3. The zero-order valence-electron chi connectivity index (χ0n) is 80.2. The van der Waals surface area contributed by atoms with Gasteiger partial charge in [-0.2, -0.15) is 0 Å². The molecule has 0 saturated heterocycles. The van der Waals surface area contributed by atoms with Crippen LogP contribution < -0.4 is 5.19 Å². The molecule has 0 N–H and O–H groups in total. The molecule has 1 heteroatoms. The molecular weight excluding hydrogens is 1330 g/mol. The second-order valence-electron chi connectivity index (χ2n) is 43.8. The Bertz CT molecular complexity index is 3960. The minimum absolute atomic E-state index is 0.229. The zero-order valence-corrected chi connectivity index (χ0v) is 81.2. The fraction of sp³-hybridized carbons (Fsp3) is 0.611. The molecule has 2 fully saturated rings. The molecule has 0 radical (unpaired) electrons. The fourth-order valence-electron chi connectivity index (χ4n) is 16.5. The molecule has 0 heterocycles. The Morgan fingerprint density at radius 2 is 0.541 bits per heavy atom. The molecule has 0 unspecified atom stereocenters. The van der Waals surface area contributed by atoms with Crippen molar-refractivity contribution in [3.63, 3.8) is 0 Å². The van der Waals surface area contributed by atoms with E-state index >= 15 is 0 Å². The second kappa shape index (κ2) is 38.7. The van der Waals surface area contributed by atoms with E-state index in [4.69, 9.17) is 0 Å². The monoisotopic (exact) mass is 1500 g/mol. The van der Waals surface area contributed by atoms with Crippen LogP contribution in [0.1, 0.15) is 408 Å². The summed E-state index contributed by atoms with van der Waals surface area (Å²) in [5.41, 5.74) is 39.2. The Morgan fingerprint density at radius 3 is 0.853 bits per heavy atom. The van der Waals surface area contributed by atoms with Gasteiger partial charge in [0, 0.05) is 0 Å². The molecule has 0 amide bonds. The Hall–Kier alpha value is -5.24. The Kier molecular flexibility index (Phi) is 34.8. The highest BCUT2D eigenvalue weighted by Gasteiger charge is 2.30. The van der Waals surface area contributed by atoms with Crippen LogP contribution in [0.25, 0.3) is 0 Å². The van der Waals surface area contributed by atoms with E-state index in [0.717, 1.165) is 11.8 Å². The van der Waals surface area contributed by atoms with E-state index in [-0.39, 0.29) is 43.3 Å². The van der Waals surface area contributed by atoms with Crippen LogP contribution in [0, 0.1) is 96.9 Å². The van der Waals surface area contributed by atoms with Crippen molar-refractivity contribution in [1.82, 2.24) is 0 Å². The predicted molar refractivity (Wildman–Crippen MR) is 499 cm³/mol. The molecule has 2 saturated carbocycles. The van der Waals surface area contributed by atoms with Crippen LogP contribution in [0.15, 0.2) is 97.1 Å². The summed E-state index contributed by atoms with van der Waals surface area (Å²) in [6.07, 6.45) is 15.1. The largest absolute Gasteiger partial charge is 0.0776 e. The minimum Gasteiger partial charge on any atom is -0.0656 e. The quantitative estimate of drug-likeness (QED) is 0.146. The third-order valence-electron chi connectivity index (χ3n) is 24.9. The third kappa shape index (κ3) is 28.7. The average Bonchev–Trinajstić information content (AvgIpc) is 1.18. The van der Waals surface area contributed by atoms with Crippen LogP contribution in [0.3, 0.4) is 0 Å². The predicted octanol–water partition coefficient (Wildman–Crippen LogP) is 32.8. The first kappa shape index (κ1) is 98.0. The fourth-order valence-corrected chi connectivity index (χ4v) is 17.7. The van der Waals surface area contributed by atoms with E-state index in [2.05, 4.69) is 401 Å². The lowest BCUT2D eigenvalue weighted by Crippen LogP contribution is -2.39. The molecule has 0 nitrogen and oxygen atoms in total. The van der Waals surface area contributed by atoms with Crippen molar-refractivity contribution in [2.75, 3.05) is 0 Å². The Morgan fingerprint density at radius 1 is 0.266 bits per heavy atom. The molecule has 7 aromatic carbocycles. The van der Waals surface area contributed by atoms with E-state index in [1.54, 1.807) is 27.4 Å². The van der Waals surface area contributed by atoms with Crippen molar-refractivity contribution in [3.05, 3.63) is 236 Å². The molecule has 2 aliphatic rings. The first-order valence-electron chi connectivity index (χ1n) is 43.1. The van der Waals surface area contributed by atoms with Crippen LogP contribution in [0.5, 0.6) is 0 Å². The van der Waals surface area contributed by atoms with Gasteiger partial charge < -0.3 is 0 Å². The van der Waals surface area contributed by atoms with Crippen molar-refractivity contribution < 1.29 is 0 Å². The summed E-state index contributed by atoms with van der Waals surface area (Å²) in [6.45, 7) is 101. The van der Waals surface area contributed by atoms with Crippen molar-refractivity contribution in [1.29, 1.82) is 0 Å². The molecular formula is C108H172Si. The van der Waals surface area contributed by atoms with Crippen molar-refractivity contribution in [2.24, 2.45) is 0 Å². The lowest BCUT2D eigenvalue weighted by molar-refractivity contribution is 0.436. The molecule has 0 atom stereocenters. The highest BCUT2D eigenvalue weighted by atomic mass is 28.3. The molecule has 7 aromatic rings. The maximum Gasteiger partial charge on any atom is 0.0776 e. The lowest BCUT2D eigenvalue weighted by atomic mass is 9.73. The van der Waals surface area contributed by atoms with Gasteiger partial charge in [0.25, 0.3) is 0 Å². The van der Waals surface area contributed by atoms with Crippen LogP contribution in [-0.2, 0) is 48.7 Å². The van der Waals surface area contributed by atoms with Crippen LogP contribution in [0.2, 0.25) is 19.6 Å². The van der Waals surface area contributed by atoms with Gasteiger partial charge in [-0.1, -0.05) is 346 Å². The van der Waals surface area contributed by atoms with Crippen molar-refractivity contribution in [3.8, 4) is 0 Å². The summed E-state index contributed by atoms with van der Waals surface area (Å²) in [5.74, 6) is 1.65. The first-order chi connectivity index (χ1) is 49.3. The molecule has 0 spiro atoms. The van der Waals surface area contributed by atoms with E-state index in [1.165, 1.54) is 187 Å².